The zero-order chi connectivity index (χ0) is 21.5. The fraction of sp³-hybridized carbons (Fsp3) is 0.130. The highest BCUT2D eigenvalue weighted by Crippen LogP contribution is 2.34. The number of imidazole rings is 1. The van der Waals surface area contributed by atoms with Gasteiger partial charge in [0.05, 0.1) is 23.3 Å². The second-order valence-electron chi connectivity index (χ2n) is 7.18. The van der Waals surface area contributed by atoms with Gasteiger partial charge in [-0.25, -0.2) is 19.3 Å². The lowest BCUT2D eigenvalue weighted by atomic mass is 9.97. The quantitative estimate of drug-likeness (QED) is 0.469. The van der Waals surface area contributed by atoms with Gasteiger partial charge in [-0.05, 0) is 36.2 Å². The molecule has 154 valence electrons. The number of nitrogens with two attached hydrogens (primary N) is 1. The molecule has 0 aliphatic rings. The Bertz CT molecular complexity index is 1490. The number of hydrogen-bond donors (Lipinski definition) is 1. The maximum atomic E-state index is 14.1. The number of nitrogens with zero attached hydrogens (tertiary/aromatic N) is 4. The Kier molecular flexibility index (Phi) is 4.47. The van der Waals surface area contributed by atoms with E-state index in [0.717, 1.165) is 0 Å². The molecule has 5 rings (SSSR count). The van der Waals surface area contributed by atoms with Crippen LogP contribution >= 0.6 is 0 Å². The Hall–Kier alpha value is -4.07. The van der Waals surface area contributed by atoms with Crippen molar-refractivity contribution in [2.75, 3.05) is 5.73 Å². The highest BCUT2D eigenvalue weighted by molar-refractivity contribution is 5.84. The minimum absolute atomic E-state index is 0.223. The Morgan fingerprint density at radius 3 is 2.77 bits per heavy atom. The number of anilines is 1. The number of halogens is 1. The molecule has 1 atom stereocenters. The first kappa shape index (κ1) is 18.9. The fourth-order valence-corrected chi connectivity index (χ4v) is 3.92. The van der Waals surface area contributed by atoms with Gasteiger partial charge in [0.15, 0.2) is 11.5 Å². The van der Waals surface area contributed by atoms with Crippen LogP contribution in [0.15, 0.2) is 70.4 Å². The highest BCUT2D eigenvalue weighted by atomic mass is 19.1. The molecule has 2 aromatic carbocycles. The van der Waals surface area contributed by atoms with Crippen molar-refractivity contribution in [2.24, 2.45) is 0 Å². The van der Waals surface area contributed by atoms with Crippen molar-refractivity contribution in [3.8, 4) is 11.1 Å². The van der Waals surface area contributed by atoms with E-state index in [2.05, 4.69) is 15.0 Å². The number of hydrogen-bond acceptors (Lipinski definition) is 6. The van der Waals surface area contributed by atoms with Crippen molar-refractivity contribution >= 4 is 28.0 Å². The van der Waals surface area contributed by atoms with Crippen LogP contribution in [-0.4, -0.2) is 19.5 Å². The first-order chi connectivity index (χ1) is 15.1. The Labute approximate surface area is 176 Å². The van der Waals surface area contributed by atoms with Gasteiger partial charge in [-0.1, -0.05) is 31.2 Å². The molecule has 7 nitrogen and oxygen atoms in total. The molecule has 8 heteroatoms. The summed E-state index contributed by atoms with van der Waals surface area (Å²) in [5.41, 5.74) is 7.94. The van der Waals surface area contributed by atoms with Crippen LogP contribution in [0.3, 0.4) is 0 Å². The van der Waals surface area contributed by atoms with Crippen LogP contribution in [0, 0.1) is 5.82 Å². The Balaban J connectivity index is 1.84. The third-order valence-electron chi connectivity index (χ3n) is 5.35. The van der Waals surface area contributed by atoms with E-state index < -0.39 is 11.9 Å². The second-order valence-corrected chi connectivity index (χ2v) is 7.18. The molecule has 0 amide bonds. The molecule has 0 saturated carbocycles. The lowest BCUT2D eigenvalue weighted by Gasteiger charge is -2.20. The molecule has 0 spiro atoms. The average molecular weight is 415 g/mol. The molecule has 3 heterocycles. The molecule has 1 unspecified atom stereocenters. The average Bonchev–Trinajstić information content (AvgIpc) is 3.20. The van der Waals surface area contributed by atoms with Crippen molar-refractivity contribution in [3.05, 3.63) is 83.0 Å². The third kappa shape index (κ3) is 3.04. The summed E-state index contributed by atoms with van der Waals surface area (Å²) >= 11 is 0. The minimum atomic E-state index is -0.433. The van der Waals surface area contributed by atoms with E-state index in [4.69, 9.17) is 10.2 Å². The number of fused-ring (bicyclic) bond motifs is 2. The van der Waals surface area contributed by atoms with Crippen molar-refractivity contribution in [1.29, 1.82) is 0 Å². The van der Waals surface area contributed by atoms with Gasteiger partial charge in [-0.15, -0.1) is 0 Å². The smallest absolute Gasteiger partial charge is 0.200 e. The standard InChI is InChI=1S/C23H18FN5O2/c1-2-16(29-12-28-19-22(25)26-11-27-23(19)29)21-18(13-6-5-7-14(24)10-13)20(30)15-8-3-4-9-17(15)31-21/h3-12,16H,2H2,1H3,(H2,25,26,27). The number of aromatic nitrogens is 4. The summed E-state index contributed by atoms with van der Waals surface area (Å²) in [5.74, 6) is 0.245. The monoisotopic (exact) mass is 415 g/mol. The van der Waals surface area contributed by atoms with E-state index in [1.165, 1.54) is 18.5 Å². The number of benzene rings is 2. The van der Waals surface area contributed by atoms with Gasteiger partial charge in [0.1, 0.15) is 29.0 Å². The van der Waals surface area contributed by atoms with E-state index in [0.29, 0.717) is 45.4 Å². The molecule has 0 aliphatic heterocycles. The van der Waals surface area contributed by atoms with Gasteiger partial charge in [0, 0.05) is 0 Å². The van der Waals surface area contributed by atoms with E-state index in [-0.39, 0.29) is 11.2 Å². The first-order valence-electron chi connectivity index (χ1n) is 9.83. The molecule has 0 bridgehead atoms. The zero-order valence-electron chi connectivity index (χ0n) is 16.6. The summed E-state index contributed by atoms with van der Waals surface area (Å²) in [6.45, 7) is 1.96. The SMILES string of the molecule is CCC(c1oc2ccccc2c(=O)c1-c1cccc(F)c1)n1cnc2c(N)ncnc21. The van der Waals surface area contributed by atoms with E-state index in [1.54, 1.807) is 42.7 Å². The van der Waals surface area contributed by atoms with Gasteiger partial charge in [-0.2, -0.15) is 0 Å². The maximum absolute atomic E-state index is 14.1. The molecule has 2 N–H and O–H groups in total. The predicted octanol–water partition coefficient (Wildman–Crippen LogP) is 4.32. The van der Waals surface area contributed by atoms with Crippen LogP contribution in [0.4, 0.5) is 10.2 Å². The van der Waals surface area contributed by atoms with Crippen molar-refractivity contribution in [1.82, 2.24) is 19.5 Å². The summed E-state index contributed by atoms with van der Waals surface area (Å²) < 4.78 is 22.1. The van der Waals surface area contributed by atoms with Gasteiger partial charge in [-0.3, -0.25) is 4.79 Å². The molecule has 31 heavy (non-hydrogen) atoms. The van der Waals surface area contributed by atoms with Gasteiger partial charge in [0.2, 0.25) is 5.43 Å². The molecule has 5 aromatic rings. The summed E-state index contributed by atoms with van der Waals surface area (Å²) in [4.78, 5) is 26.2. The van der Waals surface area contributed by atoms with Gasteiger partial charge < -0.3 is 14.7 Å². The van der Waals surface area contributed by atoms with E-state index in [1.807, 2.05) is 11.5 Å². The maximum Gasteiger partial charge on any atom is 0.200 e. The van der Waals surface area contributed by atoms with Crippen LogP contribution in [0.1, 0.15) is 25.1 Å². The van der Waals surface area contributed by atoms with Crippen LogP contribution in [-0.2, 0) is 0 Å². The molecular weight excluding hydrogens is 397 g/mol. The molecule has 0 radical (unpaired) electrons. The first-order valence-corrected chi connectivity index (χ1v) is 9.83. The Morgan fingerprint density at radius 1 is 1.13 bits per heavy atom. The number of rotatable bonds is 4. The topological polar surface area (TPSA) is 99.8 Å². The van der Waals surface area contributed by atoms with Crippen molar-refractivity contribution in [3.63, 3.8) is 0 Å². The molecule has 0 fully saturated rings. The zero-order valence-corrected chi connectivity index (χ0v) is 16.6. The van der Waals surface area contributed by atoms with E-state index >= 15 is 0 Å². The van der Waals surface area contributed by atoms with Crippen molar-refractivity contribution < 1.29 is 8.81 Å². The summed E-state index contributed by atoms with van der Waals surface area (Å²) in [6, 6.07) is 12.6. The lowest BCUT2D eigenvalue weighted by Crippen LogP contribution is -2.16. The predicted molar refractivity (Wildman–Crippen MR) is 116 cm³/mol. The minimum Gasteiger partial charge on any atom is -0.458 e. The number of nitrogen functional groups attached to an aromatic ring is 1. The Morgan fingerprint density at radius 2 is 1.97 bits per heavy atom. The van der Waals surface area contributed by atoms with Gasteiger partial charge in [0.25, 0.3) is 0 Å². The lowest BCUT2D eigenvalue weighted by molar-refractivity contribution is 0.438. The third-order valence-corrected chi connectivity index (χ3v) is 5.35. The summed E-state index contributed by atoms with van der Waals surface area (Å²) in [5, 5.41) is 0.433. The van der Waals surface area contributed by atoms with Crippen LogP contribution < -0.4 is 11.2 Å². The highest BCUT2D eigenvalue weighted by Gasteiger charge is 2.26. The normalized spacial score (nSPS) is 12.5. The van der Waals surface area contributed by atoms with Crippen LogP contribution in [0.2, 0.25) is 0 Å². The van der Waals surface area contributed by atoms with Crippen LogP contribution in [0.25, 0.3) is 33.3 Å². The van der Waals surface area contributed by atoms with Gasteiger partial charge >= 0.3 is 0 Å². The summed E-state index contributed by atoms with van der Waals surface area (Å²) in [6.07, 6.45) is 3.54. The summed E-state index contributed by atoms with van der Waals surface area (Å²) in [7, 11) is 0. The molecular formula is C23H18FN5O2. The fourth-order valence-electron chi connectivity index (χ4n) is 3.92. The molecule has 0 aliphatic carbocycles. The second kappa shape index (κ2) is 7.32. The molecule has 0 saturated heterocycles. The largest absolute Gasteiger partial charge is 0.458 e. The number of para-hydroxylation sites is 1. The van der Waals surface area contributed by atoms with E-state index in [9.17, 15) is 9.18 Å². The van der Waals surface area contributed by atoms with Crippen molar-refractivity contribution in [2.45, 2.75) is 19.4 Å². The van der Waals surface area contributed by atoms with Crippen LogP contribution in [0.5, 0.6) is 0 Å². The molecule has 3 aromatic heterocycles.